The first-order chi connectivity index (χ1) is 10.7. The second-order valence-corrected chi connectivity index (χ2v) is 5.71. The molecule has 2 atom stereocenters. The van der Waals surface area contributed by atoms with Crippen molar-refractivity contribution in [1.29, 1.82) is 0 Å². The van der Waals surface area contributed by atoms with Crippen molar-refractivity contribution in [2.75, 3.05) is 12.4 Å². The van der Waals surface area contributed by atoms with Gasteiger partial charge in [0.2, 0.25) is 0 Å². The lowest BCUT2D eigenvalue weighted by molar-refractivity contribution is 0.417. The summed E-state index contributed by atoms with van der Waals surface area (Å²) in [4.78, 5) is 0. The predicted molar refractivity (Wildman–Crippen MR) is 89.9 cm³/mol. The van der Waals surface area contributed by atoms with E-state index in [-0.39, 0.29) is 11.9 Å². The van der Waals surface area contributed by atoms with Crippen molar-refractivity contribution in [1.82, 2.24) is 5.32 Å². The fraction of sp³-hybridized carbons (Fsp3) is 0.235. The summed E-state index contributed by atoms with van der Waals surface area (Å²) in [5.41, 5.74) is 1.84. The molecule has 2 N–H and O–H groups in total. The van der Waals surface area contributed by atoms with Crippen LogP contribution in [0.25, 0.3) is 0 Å². The third-order valence-electron chi connectivity index (χ3n) is 3.74. The van der Waals surface area contributed by atoms with E-state index in [0.29, 0.717) is 11.0 Å². The highest BCUT2D eigenvalue weighted by Gasteiger charge is 2.39. The molecule has 3 nitrogen and oxygen atoms in total. The topological polar surface area (TPSA) is 33.3 Å². The second kappa shape index (κ2) is 6.32. The van der Waals surface area contributed by atoms with Gasteiger partial charge in [0.1, 0.15) is 11.6 Å². The number of anilines is 1. The van der Waals surface area contributed by atoms with E-state index in [1.165, 1.54) is 6.07 Å². The molecule has 0 heterocycles. The summed E-state index contributed by atoms with van der Waals surface area (Å²) in [5, 5.41) is 6.95. The molecule has 1 aliphatic rings. The van der Waals surface area contributed by atoms with Crippen LogP contribution >= 0.6 is 12.2 Å². The first-order valence-corrected chi connectivity index (χ1v) is 7.54. The molecule has 0 bridgehead atoms. The van der Waals surface area contributed by atoms with Crippen LogP contribution in [0.1, 0.15) is 17.9 Å². The van der Waals surface area contributed by atoms with Crippen LogP contribution in [-0.2, 0) is 0 Å². The van der Waals surface area contributed by atoms with Crippen molar-refractivity contribution in [2.45, 2.75) is 18.4 Å². The van der Waals surface area contributed by atoms with E-state index in [1.54, 1.807) is 19.2 Å². The zero-order chi connectivity index (χ0) is 15.5. The maximum atomic E-state index is 13.2. The van der Waals surface area contributed by atoms with Crippen LogP contribution in [0.2, 0.25) is 0 Å². The summed E-state index contributed by atoms with van der Waals surface area (Å²) in [6.45, 7) is 0. The molecule has 0 unspecified atom stereocenters. The first-order valence-electron chi connectivity index (χ1n) is 7.13. The second-order valence-electron chi connectivity index (χ2n) is 5.30. The minimum atomic E-state index is -0.196. The number of nitrogens with one attached hydrogen (secondary N) is 2. The average molecular weight is 316 g/mol. The van der Waals surface area contributed by atoms with Gasteiger partial charge in [-0.1, -0.05) is 24.3 Å². The first kappa shape index (κ1) is 14.8. The smallest absolute Gasteiger partial charge is 0.171 e. The van der Waals surface area contributed by atoms with Crippen LogP contribution in [-0.4, -0.2) is 18.3 Å². The third kappa shape index (κ3) is 3.36. The van der Waals surface area contributed by atoms with Crippen molar-refractivity contribution in [2.24, 2.45) is 0 Å². The molecule has 3 rings (SSSR count). The minimum absolute atomic E-state index is 0.196. The number of para-hydroxylation sites is 2. The molecule has 0 amide bonds. The number of benzene rings is 2. The maximum Gasteiger partial charge on any atom is 0.171 e. The molecule has 1 fully saturated rings. The fourth-order valence-corrected chi connectivity index (χ4v) is 2.80. The van der Waals surface area contributed by atoms with Gasteiger partial charge in [-0.15, -0.1) is 0 Å². The number of methoxy groups -OCH3 is 1. The molecule has 1 saturated carbocycles. The molecular weight excluding hydrogens is 299 g/mol. The standard InChI is InChI=1S/C17H17FN2OS/c1-21-16-8-3-2-7-14(16)19-17(22)20-15-10-13(15)11-5-4-6-12(18)9-11/h2-9,13,15H,10H2,1H3,(H2,19,20,22)/t13-,15-/m0/s1. The Bertz CT molecular complexity index is 692. The number of hydrogen-bond donors (Lipinski definition) is 2. The van der Waals surface area contributed by atoms with Crippen LogP contribution in [0, 0.1) is 5.82 Å². The van der Waals surface area contributed by atoms with E-state index in [9.17, 15) is 4.39 Å². The number of rotatable bonds is 4. The molecule has 22 heavy (non-hydrogen) atoms. The Morgan fingerprint density at radius 3 is 2.82 bits per heavy atom. The average Bonchev–Trinajstić information content (AvgIpc) is 3.27. The lowest BCUT2D eigenvalue weighted by atomic mass is 10.1. The van der Waals surface area contributed by atoms with E-state index >= 15 is 0 Å². The Morgan fingerprint density at radius 1 is 1.23 bits per heavy atom. The lowest BCUT2D eigenvalue weighted by Gasteiger charge is -2.13. The van der Waals surface area contributed by atoms with Crippen LogP contribution in [0.15, 0.2) is 48.5 Å². The Balaban J connectivity index is 1.58. The number of thiocarbonyl (C=S) groups is 1. The third-order valence-corrected chi connectivity index (χ3v) is 3.96. The monoisotopic (exact) mass is 316 g/mol. The Labute approximate surface area is 134 Å². The molecule has 0 aliphatic heterocycles. The van der Waals surface area contributed by atoms with Gasteiger partial charge in [0.15, 0.2) is 5.11 Å². The van der Waals surface area contributed by atoms with Crippen molar-refractivity contribution in [3.63, 3.8) is 0 Å². The molecule has 0 spiro atoms. The van der Waals surface area contributed by atoms with Crippen molar-refractivity contribution < 1.29 is 9.13 Å². The SMILES string of the molecule is COc1ccccc1NC(=S)N[C@H]1C[C@H]1c1cccc(F)c1. The molecule has 114 valence electrons. The Hall–Kier alpha value is -2.14. The van der Waals surface area contributed by atoms with Crippen LogP contribution in [0.5, 0.6) is 5.75 Å². The summed E-state index contributed by atoms with van der Waals surface area (Å²) in [5.74, 6) is 0.857. The van der Waals surface area contributed by atoms with E-state index < -0.39 is 0 Å². The van der Waals surface area contributed by atoms with Crippen LogP contribution < -0.4 is 15.4 Å². The molecule has 2 aromatic carbocycles. The van der Waals surface area contributed by atoms with Crippen molar-refractivity contribution >= 4 is 23.0 Å². The summed E-state index contributed by atoms with van der Waals surface area (Å²) < 4.78 is 18.5. The molecule has 0 aromatic heterocycles. The predicted octanol–water partition coefficient (Wildman–Crippen LogP) is 3.68. The van der Waals surface area contributed by atoms with E-state index in [0.717, 1.165) is 23.4 Å². The van der Waals surface area contributed by atoms with Gasteiger partial charge in [-0.3, -0.25) is 0 Å². The number of ether oxygens (including phenoxy) is 1. The minimum Gasteiger partial charge on any atom is -0.495 e. The van der Waals surface area contributed by atoms with Gasteiger partial charge in [-0.2, -0.15) is 0 Å². The maximum absolute atomic E-state index is 13.2. The van der Waals surface area contributed by atoms with Gasteiger partial charge in [0.25, 0.3) is 0 Å². The zero-order valence-electron chi connectivity index (χ0n) is 12.2. The summed E-state index contributed by atoms with van der Waals surface area (Å²) in [6.07, 6.45) is 0.956. The fourth-order valence-electron chi connectivity index (χ4n) is 2.53. The highest BCUT2D eigenvalue weighted by atomic mass is 32.1. The van der Waals surface area contributed by atoms with Crippen molar-refractivity contribution in [3.8, 4) is 5.75 Å². The van der Waals surface area contributed by atoms with Gasteiger partial charge in [0.05, 0.1) is 12.8 Å². The summed E-state index contributed by atoms with van der Waals surface area (Å²) >= 11 is 5.34. The van der Waals surface area contributed by atoms with Crippen molar-refractivity contribution in [3.05, 3.63) is 59.9 Å². The number of hydrogen-bond acceptors (Lipinski definition) is 2. The van der Waals surface area contributed by atoms with E-state index in [2.05, 4.69) is 10.6 Å². The van der Waals surface area contributed by atoms with Gasteiger partial charge in [-0.05, 0) is 48.5 Å². The molecule has 0 saturated heterocycles. The Morgan fingerprint density at radius 2 is 2.05 bits per heavy atom. The number of halogens is 1. The largest absolute Gasteiger partial charge is 0.495 e. The van der Waals surface area contributed by atoms with Gasteiger partial charge in [0, 0.05) is 12.0 Å². The summed E-state index contributed by atoms with van der Waals surface area (Å²) in [6, 6.07) is 14.6. The molecule has 0 radical (unpaired) electrons. The van der Waals surface area contributed by atoms with E-state index in [1.807, 2.05) is 30.3 Å². The van der Waals surface area contributed by atoms with Gasteiger partial charge in [-0.25, -0.2) is 4.39 Å². The van der Waals surface area contributed by atoms with Gasteiger partial charge < -0.3 is 15.4 Å². The van der Waals surface area contributed by atoms with E-state index in [4.69, 9.17) is 17.0 Å². The van der Waals surface area contributed by atoms with Crippen LogP contribution in [0.4, 0.5) is 10.1 Å². The highest BCUT2D eigenvalue weighted by molar-refractivity contribution is 7.80. The normalized spacial score (nSPS) is 19.4. The van der Waals surface area contributed by atoms with Crippen LogP contribution in [0.3, 0.4) is 0 Å². The quantitative estimate of drug-likeness (QED) is 0.843. The lowest BCUT2D eigenvalue weighted by Crippen LogP contribution is -2.31. The molecular formula is C17H17FN2OS. The summed E-state index contributed by atoms with van der Waals surface area (Å²) in [7, 11) is 1.62. The molecule has 2 aromatic rings. The molecule has 5 heteroatoms. The van der Waals surface area contributed by atoms with Gasteiger partial charge >= 0.3 is 0 Å². The molecule has 1 aliphatic carbocycles. The Kier molecular flexibility index (Phi) is 4.24. The zero-order valence-corrected chi connectivity index (χ0v) is 13.0. The highest BCUT2D eigenvalue weighted by Crippen LogP contribution is 2.41.